The van der Waals surface area contributed by atoms with Crippen LogP contribution in [0, 0.1) is 11.7 Å². The summed E-state index contributed by atoms with van der Waals surface area (Å²) in [6.45, 7) is 3.85. The number of carbonyl (C=O) groups is 2. The van der Waals surface area contributed by atoms with Crippen molar-refractivity contribution in [1.82, 2.24) is 9.80 Å². The summed E-state index contributed by atoms with van der Waals surface area (Å²) in [7, 11) is -2.38. The van der Waals surface area contributed by atoms with E-state index < -0.39 is 28.0 Å². The van der Waals surface area contributed by atoms with Crippen LogP contribution in [0.1, 0.15) is 19.4 Å². The monoisotopic (exact) mass is 648 g/mol. The zero-order valence-corrected chi connectivity index (χ0v) is 26.6. The minimum absolute atomic E-state index is 0.108. The largest absolute Gasteiger partial charge is 0.488 e. The molecule has 0 saturated carbocycles. The van der Waals surface area contributed by atoms with Crippen molar-refractivity contribution in [2.24, 2.45) is 5.92 Å². The van der Waals surface area contributed by atoms with E-state index >= 15 is 0 Å². The number of sulfonamides is 1. The molecule has 0 fully saturated rings. The molecule has 0 saturated heterocycles. The minimum atomic E-state index is -4.04. The Kier molecular flexibility index (Phi) is 9.78. The second kappa shape index (κ2) is 13.8. The van der Waals surface area contributed by atoms with Gasteiger partial charge < -0.3 is 25.0 Å². The summed E-state index contributed by atoms with van der Waals surface area (Å²) in [4.78, 5) is 29.9. The summed E-state index contributed by atoms with van der Waals surface area (Å²) in [5.74, 6) is -0.710. The predicted molar refractivity (Wildman–Crippen MR) is 175 cm³/mol. The average molecular weight is 649 g/mol. The summed E-state index contributed by atoms with van der Waals surface area (Å²) < 4.78 is 48.3. The van der Waals surface area contributed by atoms with Crippen LogP contribution in [0.2, 0.25) is 0 Å². The third-order valence-electron chi connectivity index (χ3n) is 8.12. The molecule has 0 bridgehead atoms. The lowest BCUT2D eigenvalue weighted by atomic mass is 10.0. The Balaban J connectivity index is 1.41. The van der Waals surface area contributed by atoms with Gasteiger partial charge in [0.05, 0.1) is 36.2 Å². The lowest BCUT2D eigenvalue weighted by molar-refractivity contribution is -0.134. The molecule has 0 aromatic heterocycles. The third-order valence-corrected chi connectivity index (χ3v) is 9.52. The van der Waals surface area contributed by atoms with E-state index in [1.54, 1.807) is 24.9 Å². The smallest absolute Gasteiger partial charge is 0.321 e. The van der Waals surface area contributed by atoms with E-state index in [2.05, 4.69) is 10.0 Å². The van der Waals surface area contributed by atoms with Gasteiger partial charge in [0.1, 0.15) is 17.7 Å². The van der Waals surface area contributed by atoms with Gasteiger partial charge in [-0.25, -0.2) is 17.6 Å². The average Bonchev–Trinajstić information content (AvgIpc) is 3.08. The predicted octanol–water partition coefficient (Wildman–Crippen LogP) is 5.09. The number of rotatable bonds is 8. The number of nitrogens with zero attached hydrogens (tertiary/aromatic N) is 2. The molecule has 12 heteroatoms. The highest BCUT2D eigenvalue weighted by Crippen LogP contribution is 2.30. The lowest BCUT2D eigenvalue weighted by Gasteiger charge is -2.34. The summed E-state index contributed by atoms with van der Waals surface area (Å²) >= 11 is 0. The van der Waals surface area contributed by atoms with Crippen LogP contribution in [0.3, 0.4) is 0 Å². The molecule has 242 valence electrons. The molecule has 0 aliphatic carbocycles. The quantitative estimate of drug-likeness (QED) is 0.244. The van der Waals surface area contributed by atoms with Crippen molar-refractivity contribution in [1.29, 1.82) is 0 Å². The van der Waals surface area contributed by atoms with E-state index in [0.29, 0.717) is 17.0 Å². The molecule has 1 heterocycles. The van der Waals surface area contributed by atoms with Crippen LogP contribution < -0.4 is 14.8 Å². The summed E-state index contributed by atoms with van der Waals surface area (Å²) in [6.07, 6.45) is -0.675. The molecule has 1 aliphatic heterocycles. The van der Waals surface area contributed by atoms with E-state index in [4.69, 9.17) is 4.74 Å². The van der Waals surface area contributed by atoms with Crippen LogP contribution >= 0.6 is 0 Å². The molecule has 0 unspecified atom stereocenters. The molecule has 3 atom stereocenters. The molecular weight excluding hydrogens is 611 g/mol. The van der Waals surface area contributed by atoms with Crippen molar-refractivity contribution in [3.05, 3.63) is 96.3 Å². The number of nitrogens with one attached hydrogen (secondary N) is 2. The second-order valence-electron chi connectivity index (χ2n) is 11.6. The van der Waals surface area contributed by atoms with Crippen molar-refractivity contribution in [3.63, 3.8) is 0 Å². The first-order valence-corrected chi connectivity index (χ1v) is 16.4. The third kappa shape index (κ3) is 7.40. The van der Waals surface area contributed by atoms with Crippen LogP contribution in [0.25, 0.3) is 10.8 Å². The van der Waals surface area contributed by atoms with Crippen molar-refractivity contribution < 1.29 is 32.2 Å². The molecule has 3 amide bonds. The number of carbonyl (C=O) groups excluding carboxylic acids is 2. The topological polar surface area (TPSA) is 128 Å². The molecule has 5 rings (SSSR count). The maximum atomic E-state index is 13.5. The van der Waals surface area contributed by atoms with E-state index in [9.17, 15) is 27.5 Å². The van der Waals surface area contributed by atoms with E-state index in [-0.39, 0.29) is 54.6 Å². The second-order valence-corrected chi connectivity index (χ2v) is 13.3. The Labute approximate surface area is 267 Å². The molecule has 4 aromatic carbocycles. The summed E-state index contributed by atoms with van der Waals surface area (Å²) in [5.41, 5.74) is 1.30. The van der Waals surface area contributed by atoms with Gasteiger partial charge in [-0.3, -0.25) is 9.52 Å². The number of halogens is 1. The molecule has 1 aliphatic rings. The van der Waals surface area contributed by atoms with Gasteiger partial charge in [-0.05, 0) is 60.8 Å². The van der Waals surface area contributed by atoms with Crippen molar-refractivity contribution >= 4 is 44.1 Å². The van der Waals surface area contributed by atoms with Crippen LogP contribution in [-0.4, -0.2) is 74.2 Å². The number of fused-ring (bicyclic) bond motifs is 2. The highest BCUT2D eigenvalue weighted by atomic mass is 32.2. The van der Waals surface area contributed by atoms with Crippen molar-refractivity contribution in [2.75, 3.05) is 36.8 Å². The lowest BCUT2D eigenvalue weighted by Crippen LogP contribution is -2.48. The van der Waals surface area contributed by atoms with E-state index in [1.807, 2.05) is 49.4 Å². The molecule has 4 aromatic rings. The number of urea groups is 1. The fraction of sp³-hybridized carbons (Fsp3) is 0.294. The minimum Gasteiger partial charge on any atom is -0.488 e. The molecule has 3 N–H and O–H groups in total. The zero-order valence-electron chi connectivity index (χ0n) is 25.8. The van der Waals surface area contributed by atoms with Gasteiger partial charge in [0.15, 0.2) is 0 Å². The Morgan fingerprint density at radius 2 is 1.80 bits per heavy atom. The van der Waals surface area contributed by atoms with Gasteiger partial charge in [0.2, 0.25) is 5.91 Å². The number of benzene rings is 4. The van der Waals surface area contributed by atoms with Crippen molar-refractivity contribution in [2.45, 2.75) is 37.3 Å². The number of likely N-dealkylation sites (N-methyl/N-ethyl adjacent to an activating group) is 1. The first-order chi connectivity index (χ1) is 21.9. The van der Waals surface area contributed by atoms with E-state index in [0.717, 1.165) is 35.0 Å². The van der Waals surface area contributed by atoms with Gasteiger partial charge in [-0.2, -0.15) is 0 Å². The first kappa shape index (κ1) is 32.7. The summed E-state index contributed by atoms with van der Waals surface area (Å²) in [6, 6.07) is 21.7. The highest BCUT2D eigenvalue weighted by molar-refractivity contribution is 7.92. The molecule has 10 nitrogen and oxygen atoms in total. The first-order valence-electron chi connectivity index (χ1n) is 14.9. The van der Waals surface area contributed by atoms with Gasteiger partial charge in [-0.15, -0.1) is 0 Å². The standard InChI is InChI=1S/C34H37FN4O6S/c1-22-19-39(23(2)21-40)33(41)18-25-17-27(37-46(43,44)28-14-11-26(35)12-15-28)13-16-31(25)45-32(22)20-38(3)34(42)36-30-10-6-8-24-7-4-5-9-29(24)30/h4-17,22-23,32,37,40H,18-21H2,1-3H3,(H,36,42)/t22-,23-,32-/m1/s1. The summed E-state index contributed by atoms with van der Waals surface area (Å²) in [5, 5.41) is 14.8. The number of anilines is 2. The molecule has 0 radical (unpaired) electrons. The van der Waals surface area contributed by atoms with Crippen LogP contribution in [0.5, 0.6) is 5.75 Å². The van der Waals surface area contributed by atoms with Crippen LogP contribution in [0.4, 0.5) is 20.6 Å². The number of hydrogen-bond donors (Lipinski definition) is 3. The fourth-order valence-corrected chi connectivity index (χ4v) is 6.49. The molecular formula is C34H37FN4O6S. The number of hydrogen-bond acceptors (Lipinski definition) is 6. The maximum Gasteiger partial charge on any atom is 0.321 e. The number of aliphatic hydroxyl groups is 1. The Morgan fingerprint density at radius 1 is 1.09 bits per heavy atom. The van der Waals surface area contributed by atoms with Gasteiger partial charge in [-0.1, -0.05) is 43.3 Å². The Bertz CT molecular complexity index is 1830. The van der Waals surface area contributed by atoms with Gasteiger partial charge in [0.25, 0.3) is 10.0 Å². The normalized spacial score (nSPS) is 17.6. The van der Waals surface area contributed by atoms with Crippen LogP contribution in [-0.2, 0) is 21.2 Å². The fourth-order valence-electron chi connectivity index (χ4n) is 5.44. The number of amides is 3. The SMILES string of the molecule is C[C@@H]1CN([C@H](C)CO)C(=O)Cc2cc(NS(=O)(=O)c3ccc(F)cc3)ccc2O[C@@H]1CN(C)C(=O)Nc1cccc2ccccc12. The number of ether oxygens (including phenoxy) is 1. The van der Waals surface area contributed by atoms with Gasteiger partial charge in [0, 0.05) is 36.1 Å². The molecule has 0 spiro atoms. The number of aliphatic hydroxyl groups excluding tert-OH is 1. The molecule has 46 heavy (non-hydrogen) atoms. The Hall–Kier alpha value is -4.68. The van der Waals surface area contributed by atoms with E-state index in [1.165, 1.54) is 17.0 Å². The zero-order chi connectivity index (χ0) is 33.0. The van der Waals surface area contributed by atoms with Gasteiger partial charge >= 0.3 is 6.03 Å². The Morgan fingerprint density at radius 3 is 2.54 bits per heavy atom. The maximum absolute atomic E-state index is 13.5. The van der Waals surface area contributed by atoms with Crippen molar-refractivity contribution in [3.8, 4) is 5.75 Å². The van der Waals surface area contributed by atoms with Crippen LogP contribution in [0.15, 0.2) is 89.8 Å². The highest BCUT2D eigenvalue weighted by Gasteiger charge is 2.32.